The topological polar surface area (TPSA) is 214 Å². The van der Waals surface area contributed by atoms with Crippen LogP contribution in [0.4, 0.5) is 5.69 Å². The van der Waals surface area contributed by atoms with Gasteiger partial charge in [0.15, 0.2) is 5.60 Å². The van der Waals surface area contributed by atoms with Crippen molar-refractivity contribution in [3.8, 4) is 0 Å². The third kappa shape index (κ3) is 12.7. The van der Waals surface area contributed by atoms with Crippen LogP contribution >= 0.6 is 0 Å². The lowest BCUT2D eigenvalue weighted by atomic mass is 9.96. The second-order valence-corrected chi connectivity index (χ2v) is 8.44. The number of carboxylic acids is 3. The molecule has 0 unspecified atom stereocenters. The Balaban J connectivity index is 0.000000845. The molecule has 1 aromatic rings. The summed E-state index contributed by atoms with van der Waals surface area (Å²) in [4.78, 5) is 57.1. The summed E-state index contributed by atoms with van der Waals surface area (Å²) in [5.41, 5.74) is 3.72. The van der Waals surface area contributed by atoms with Crippen molar-refractivity contribution in [1.82, 2.24) is 4.90 Å². The van der Waals surface area contributed by atoms with Gasteiger partial charge in [-0.25, -0.2) is 14.4 Å². The van der Waals surface area contributed by atoms with Gasteiger partial charge >= 0.3 is 29.8 Å². The number of nitrogen functional groups attached to an aromatic ring is 1. The summed E-state index contributed by atoms with van der Waals surface area (Å²) in [6.45, 7) is 11.0. The number of hydrogen-bond acceptors (Lipinski definition) is 10. The van der Waals surface area contributed by atoms with E-state index < -0.39 is 48.3 Å². The van der Waals surface area contributed by atoms with Gasteiger partial charge in [-0.05, 0) is 37.2 Å². The molecule has 0 aliphatic carbocycles. The standard InChI is InChI=1S/C18H28N2O4.C6H8O7/c1-5-20(6-2)9-10-23-18(22)16-11-14(19)7-8-15(16)17(21)24-12-13(3)4;7-3(8)1-6(13,5(11)12)2-4(9)10/h7-8,11,13H,5-6,9-10,12,19H2,1-4H3;13H,1-2H2,(H,7,8)(H,9,10)(H,11,12). The molecule has 0 radical (unpaired) electrons. The van der Waals surface area contributed by atoms with E-state index in [-0.39, 0.29) is 23.7 Å². The summed E-state index contributed by atoms with van der Waals surface area (Å²) in [5, 5.41) is 33.8. The number of carboxylic acid groups (broad SMARTS) is 3. The Morgan fingerprint density at radius 1 is 0.919 bits per heavy atom. The lowest BCUT2D eigenvalue weighted by Gasteiger charge is -2.18. The zero-order chi connectivity index (χ0) is 28.8. The van der Waals surface area contributed by atoms with Gasteiger partial charge in [0.05, 0.1) is 30.6 Å². The molecule has 0 spiro atoms. The van der Waals surface area contributed by atoms with Gasteiger partial charge in [-0.2, -0.15) is 0 Å². The fourth-order valence-corrected chi connectivity index (χ4v) is 2.83. The highest BCUT2D eigenvalue weighted by atomic mass is 16.5. The maximum absolute atomic E-state index is 12.3. The molecular formula is C24H36N2O11. The highest BCUT2D eigenvalue weighted by Crippen LogP contribution is 2.17. The second kappa shape index (κ2) is 16.1. The molecule has 1 aromatic carbocycles. The largest absolute Gasteiger partial charge is 0.481 e. The molecule has 0 aliphatic rings. The van der Waals surface area contributed by atoms with Crippen molar-refractivity contribution >= 4 is 35.5 Å². The number of nitrogens with zero attached hydrogens (tertiary/aromatic N) is 1. The van der Waals surface area contributed by atoms with Crippen molar-refractivity contribution in [1.29, 1.82) is 0 Å². The van der Waals surface area contributed by atoms with Crippen molar-refractivity contribution in [2.45, 2.75) is 46.1 Å². The maximum Gasteiger partial charge on any atom is 0.339 e. The number of likely N-dealkylation sites (N-methyl/N-ethyl adjacent to an activating group) is 1. The molecule has 0 bridgehead atoms. The highest BCUT2D eigenvalue weighted by molar-refractivity contribution is 6.03. The van der Waals surface area contributed by atoms with Gasteiger partial charge < -0.3 is 40.5 Å². The Hall–Kier alpha value is -3.71. The first-order chi connectivity index (χ1) is 17.2. The third-order valence-corrected chi connectivity index (χ3v) is 4.85. The Labute approximate surface area is 214 Å². The van der Waals surface area contributed by atoms with Crippen LogP contribution in [0.15, 0.2) is 18.2 Å². The van der Waals surface area contributed by atoms with Crippen molar-refractivity contribution in [2.75, 3.05) is 38.6 Å². The smallest absolute Gasteiger partial charge is 0.339 e. The molecule has 1 rings (SSSR count). The van der Waals surface area contributed by atoms with Gasteiger partial charge in [0.25, 0.3) is 0 Å². The van der Waals surface area contributed by atoms with Gasteiger partial charge in [0.1, 0.15) is 6.61 Å². The minimum Gasteiger partial charge on any atom is -0.481 e. The molecule has 0 saturated heterocycles. The first-order valence-corrected chi connectivity index (χ1v) is 11.5. The number of carbonyl (C=O) groups excluding carboxylic acids is 2. The predicted molar refractivity (Wildman–Crippen MR) is 131 cm³/mol. The van der Waals surface area contributed by atoms with E-state index in [2.05, 4.69) is 4.90 Å². The molecule has 13 nitrogen and oxygen atoms in total. The van der Waals surface area contributed by atoms with Crippen LogP contribution in [0.25, 0.3) is 0 Å². The Morgan fingerprint density at radius 3 is 1.86 bits per heavy atom. The Morgan fingerprint density at radius 2 is 1.43 bits per heavy atom. The number of benzene rings is 1. The quantitative estimate of drug-likeness (QED) is 0.170. The molecule has 0 heterocycles. The summed E-state index contributed by atoms with van der Waals surface area (Å²) >= 11 is 0. The number of carbonyl (C=O) groups is 5. The molecule has 37 heavy (non-hydrogen) atoms. The van der Waals surface area contributed by atoms with Crippen LogP contribution < -0.4 is 5.73 Å². The minimum atomic E-state index is -2.74. The monoisotopic (exact) mass is 528 g/mol. The number of ether oxygens (including phenoxy) is 2. The fraction of sp³-hybridized carbons (Fsp3) is 0.542. The fourth-order valence-electron chi connectivity index (χ4n) is 2.83. The molecule has 13 heteroatoms. The molecular weight excluding hydrogens is 492 g/mol. The first kappa shape index (κ1) is 33.3. The van der Waals surface area contributed by atoms with Crippen molar-refractivity contribution in [2.24, 2.45) is 5.92 Å². The number of rotatable bonds is 14. The van der Waals surface area contributed by atoms with E-state index >= 15 is 0 Å². The maximum atomic E-state index is 12.3. The lowest BCUT2D eigenvalue weighted by molar-refractivity contribution is -0.170. The van der Waals surface area contributed by atoms with E-state index in [1.807, 2.05) is 27.7 Å². The number of anilines is 1. The summed E-state index contributed by atoms with van der Waals surface area (Å²) in [6, 6.07) is 4.52. The highest BCUT2D eigenvalue weighted by Gasteiger charge is 2.40. The SMILES string of the molecule is CCN(CC)CCOC(=O)c1cc(N)ccc1C(=O)OCC(C)C.O=C(O)CC(O)(CC(=O)O)C(=O)O. The zero-order valence-corrected chi connectivity index (χ0v) is 21.4. The van der Waals surface area contributed by atoms with Crippen LogP contribution in [0.1, 0.15) is 61.3 Å². The van der Waals surface area contributed by atoms with Crippen LogP contribution in [-0.2, 0) is 23.9 Å². The molecule has 0 atom stereocenters. The van der Waals surface area contributed by atoms with Crippen LogP contribution in [0, 0.1) is 5.92 Å². The minimum absolute atomic E-state index is 0.142. The van der Waals surface area contributed by atoms with Crippen molar-refractivity contribution in [3.63, 3.8) is 0 Å². The normalized spacial score (nSPS) is 10.9. The second-order valence-electron chi connectivity index (χ2n) is 8.44. The summed E-state index contributed by atoms with van der Waals surface area (Å²) < 4.78 is 10.5. The summed E-state index contributed by atoms with van der Waals surface area (Å²) in [7, 11) is 0. The molecule has 0 saturated carbocycles. The van der Waals surface area contributed by atoms with E-state index in [4.69, 9.17) is 35.6 Å². The number of nitrogens with two attached hydrogens (primary N) is 1. The van der Waals surface area contributed by atoms with E-state index in [9.17, 15) is 24.0 Å². The van der Waals surface area contributed by atoms with Crippen LogP contribution in [0.3, 0.4) is 0 Å². The number of aliphatic carboxylic acids is 3. The Bertz CT molecular complexity index is 927. The average molecular weight is 529 g/mol. The van der Waals surface area contributed by atoms with Crippen LogP contribution in [-0.4, -0.2) is 93.6 Å². The lowest BCUT2D eigenvalue weighted by Crippen LogP contribution is -2.42. The van der Waals surface area contributed by atoms with E-state index in [0.29, 0.717) is 18.8 Å². The van der Waals surface area contributed by atoms with E-state index in [0.717, 1.165) is 13.1 Å². The Kier molecular flexibility index (Phi) is 14.5. The van der Waals surface area contributed by atoms with E-state index in [1.165, 1.54) is 12.1 Å². The van der Waals surface area contributed by atoms with Gasteiger partial charge in [-0.3, -0.25) is 9.59 Å². The molecule has 0 fully saturated rings. The van der Waals surface area contributed by atoms with Gasteiger partial charge in [-0.15, -0.1) is 0 Å². The molecule has 0 aromatic heterocycles. The average Bonchev–Trinajstić information content (AvgIpc) is 2.79. The van der Waals surface area contributed by atoms with Crippen molar-refractivity contribution < 1.29 is 53.9 Å². The predicted octanol–water partition coefficient (Wildman–Crippen LogP) is 1.33. The first-order valence-electron chi connectivity index (χ1n) is 11.5. The van der Waals surface area contributed by atoms with Crippen molar-refractivity contribution in [3.05, 3.63) is 29.3 Å². The summed E-state index contributed by atoms with van der Waals surface area (Å²) in [6.07, 6.45) is -2.29. The van der Waals surface area contributed by atoms with Gasteiger partial charge in [0.2, 0.25) is 0 Å². The third-order valence-electron chi connectivity index (χ3n) is 4.85. The number of esters is 2. The summed E-state index contributed by atoms with van der Waals surface area (Å²) in [5.74, 6) is -5.91. The number of hydrogen-bond donors (Lipinski definition) is 5. The van der Waals surface area contributed by atoms with Gasteiger partial charge in [-0.1, -0.05) is 27.7 Å². The molecule has 208 valence electrons. The van der Waals surface area contributed by atoms with Crippen LogP contribution in [0.5, 0.6) is 0 Å². The van der Waals surface area contributed by atoms with Crippen LogP contribution in [0.2, 0.25) is 0 Å². The molecule has 0 aliphatic heterocycles. The molecule has 0 amide bonds. The van der Waals surface area contributed by atoms with Gasteiger partial charge in [0, 0.05) is 12.2 Å². The zero-order valence-electron chi connectivity index (χ0n) is 21.4. The molecule has 6 N–H and O–H groups in total. The number of aliphatic hydroxyl groups is 1. The van der Waals surface area contributed by atoms with E-state index in [1.54, 1.807) is 6.07 Å².